The molecule has 0 aliphatic carbocycles. The molecule has 1 atom stereocenters. The molecule has 1 saturated heterocycles. The van der Waals surface area contributed by atoms with Gasteiger partial charge in [-0.1, -0.05) is 42.5 Å². The van der Waals surface area contributed by atoms with Crippen LogP contribution in [0.25, 0.3) is 6.08 Å². The Labute approximate surface area is 158 Å². The molecule has 2 amide bonds. The van der Waals surface area contributed by atoms with E-state index in [1.165, 1.54) is 0 Å². The molecule has 0 aromatic heterocycles. The van der Waals surface area contributed by atoms with Gasteiger partial charge in [0.15, 0.2) is 0 Å². The lowest BCUT2D eigenvalue weighted by atomic mass is 9.87. The Kier molecular flexibility index (Phi) is 4.67. The Morgan fingerprint density at radius 2 is 1.89 bits per heavy atom. The maximum absolute atomic E-state index is 12.2. The van der Waals surface area contributed by atoms with E-state index in [9.17, 15) is 9.59 Å². The topological polar surface area (TPSA) is 75.4 Å². The summed E-state index contributed by atoms with van der Waals surface area (Å²) < 4.78 is 0. The fourth-order valence-electron chi connectivity index (χ4n) is 3.91. The van der Waals surface area contributed by atoms with Gasteiger partial charge < -0.3 is 16.0 Å². The van der Waals surface area contributed by atoms with Gasteiger partial charge in [-0.2, -0.15) is 0 Å². The zero-order chi connectivity index (χ0) is 18.8. The van der Waals surface area contributed by atoms with Crippen LogP contribution in [0.4, 0.5) is 11.4 Å². The number of rotatable bonds is 4. The molecule has 2 aliphatic heterocycles. The lowest BCUT2D eigenvalue weighted by Gasteiger charge is -2.28. The summed E-state index contributed by atoms with van der Waals surface area (Å²) in [7, 11) is 0. The number of fused-ring (bicyclic) bond motifs is 1. The minimum absolute atomic E-state index is 0.00981. The Morgan fingerprint density at radius 3 is 2.59 bits per heavy atom. The number of amides is 2. The summed E-state index contributed by atoms with van der Waals surface area (Å²) in [6.45, 7) is 1.81. The molecule has 5 nitrogen and oxygen atoms in total. The summed E-state index contributed by atoms with van der Waals surface area (Å²) in [6.07, 6.45) is 6.62. The molecule has 27 heavy (non-hydrogen) atoms. The van der Waals surface area contributed by atoms with Crippen molar-refractivity contribution in [1.29, 1.82) is 0 Å². The van der Waals surface area contributed by atoms with E-state index in [4.69, 9.17) is 5.73 Å². The standard InChI is InChI=1S/C22H23N3O2/c23-22(27)18-13-17-16(9-8-15-6-2-1-3-7-15)12-21(26)24-19(17)14-20(18)25-10-4-5-11-25/h1-3,6-9,13-14,16H,4-5,10-12H2,(H2,23,27)(H,24,26)/b9-8+/t16-/m0/s1. The first-order valence-corrected chi connectivity index (χ1v) is 9.37. The smallest absolute Gasteiger partial charge is 0.250 e. The molecule has 2 heterocycles. The predicted octanol–water partition coefficient (Wildman–Crippen LogP) is 3.52. The van der Waals surface area contributed by atoms with Crippen molar-refractivity contribution >= 4 is 29.3 Å². The number of nitrogens with two attached hydrogens (primary N) is 1. The molecule has 0 unspecified atom stereocenters. The van der Waals surface area contributed by atoms with Crippen LogP contribution in [0.3, 0.4) is 0 Å². The van der Waals surface area contributed by atoms with Gasteiger partial charge in [-0.15, -0.1) is 0 Å². The molecule has 2 aromatic carbocycles. The first-order valence-electron chi connectivity index (χ1n) is 9.37. The summed E-state index contributed by atoms with van der Waals surface area (Å²) in [5.74, 6) is -0.522. The molecule has 2 aliphatic rings. The third-order valence-electron chi connectivity index (χ3n) is 5.28. The van der Waals surface area contributed by atoms with Gasteiger partial charge in [0.05, 0.1) is 11.3 Å². The lowest BCUT2D eigenvalue weighted by molar-refractivity contribution is -0.116. The van der Waals surface area contributed by atoms with Crippen LogP contribution in [0.1, 0.15) is 46.7 Å². The average molecular weight is 361 g/mol. The van der Waals surface area contributed by atoms with Crippen molar-refractivity contribution in [3.8, 4) is 0 Å². The summed E-state index contributed by atoms with van der Waals surface area (Å²) in [5.41, 5.74) is 9.84. The van der Waals surface area contributed by atoms with E-state index in [1.807, 2.05) is 54.6 Å². The van der Waals surface area contributed by atoms with Crippen molar-refractivity contribution in [1.82, 2.24) is 0 Å². The predicted molar refractivity (Wildman–Crippen MR) is 108 cm³/mol. The lowest BCUT2D eigenvalue weighted by Crippen LogP contribution is -2.27. The summed E-state index contributed by atoms with van der Waals surface area (Å²) in [5, 5.41) is 2.97. The first-order chi connectivity index (χ1) is 13.1. The molecule has 2 aromatic rings. The highest BCUT2D eigenvalue weighted by atomic mass is 16.2. The zero-order valence-corrected chi connectivity index (χ0v) is 15.2. The van der Waals surface area contributed by atoms with E-state index in [2.05, 4.69) is 10.2 Å². The van der Waals surface area contributed by atoms with Crippen molar-refractivity contribution in [2.24, 2.45) is 5.73 Å². The van der Waals surface area contributed by atoms with E-state index in [-0.39, 0.29) is 11.8 Å². The van der Waals surface area contributed by atoms with Gasteiger partial charge in [0.1, 0.15) is 0 Å². The van der Waals surface area contributed by atoms with Crippen LogP contribution in [0.15, 0.2) is 48.5 Å². The second kappa shape index (κ2) is 7.27. The SMILES string of the molecule is NC(=O)c1cc2c(cc1N1CCCC1)NC(=O)C[C@@H]2/C=C/c1ccccc1. The minimum atomic E-state index is -0.428. The minimum Gasteiger partial charge on any atom is -0.371 e. The maximum Gasteiger partial charge on any atom is 0.250 e. The highest BCUT2D eigenvalue weighted by molar-refractivity contribution is 6.03. The largest absolute Gasteiger partial charge is 0.371 e. The Balaban J connectivity index is 1.74. The van der Waals surface area contributed by atoms with Crippen LogP contribution >= 0.6 is 0 Å². The van der Waals surface area contributed by atoms with Crippen LogP contribution in [-0.2, 0) is 4.79 Å². The third-order valence-corrected chi connectivity index (χ3v) is 5.28. The highest BCUT2D eigenvalue weighted by Gasteiger charge is 2.28. The van der Waals surface area contributed by atoms with Gasteiger partial charge in [0.25, 0.3) is 5.91 Å². The van der Waals surface area contributed by atoms with Crippen LogP contribution in [-0.4, -0.2) is 24.9 Å². The van der Waals surface area contributed by atoms with E-state index in [0.717, 1.165) is 48.4 Å². The number of benzene rings is 2. The van der Waals surface area contributed by atoms with Crippen LogP contribution in [0, 0.1) is 0 Å². The molecular weight excluding hydrogens is 338 g/mol. The van der Waals surface area contributed by atoms with Crippen molar-refractivity contribution in [3.05, 3.63) is 65.2 Å². The number of hydrogen-bond donors (Lipinski definition) is 2. The normalized spacial score (nSPS) is 19.2. The number of carbonyl (C=O) groups is 2. The molecule has 5 heteroatoms. The molecule has 0 radical (unpaired) electrons. The quantitative estimate of drug-likeness (QED) is 0.875. The molecule has 0 spiro atoms. The first kappa shape index (κ1) is 17.3. The van der Waals surface area contributed by atoms with Gasteiger partial charge in [-0.3, -0.25) is 9.59 Å². The van der Waals surface area contributed by atoms with E-state index in [0.29, 0.717) is 12.0 Å². The number of anilines is 2. The second-order valence-corrected chi connectivity index (χ2v) is 7.14. The molecule has 3 N–H and O–H groups in total. The average Bonchev–Trinajstić information content (AvgIpc) is 3.20. The summed E-state index contributed by atoms with van der Waals surface area (Å²) in [4.78, 5) is 26.5. The van der Waals surface area contributed by atoms with Crippen molar-refractivity contribution in [2.45, 2.75) is 25.2 Å². The molecule has 138 valence electrons. The summed E-state index contributed by atoms with van der Waals surface area (Å²) >= 11 is 0. The fourth-order valence-corrected chi connectivity index (χ4v) is 3.91. The second-order valence-electron chi connectivity index (χ2n) is 7.14. The van der Waals surface area contributed by atoms with E-state index in [1.54, 1.807) is 0 Å². The third kappa shape index (κ3) is 3.58. The molecule has 4 rings (SSSR count). The van der Waals surface area contributed by atoms with Crippen LogP contribution in [0.5, 0.6) is 0 Å². The number of allylic oxidation sites excluding steroid dienone is 1. The van der Waals surface area contributed by atoms with E-state index >= 15 is 0 Å². The van der Waals surface area contributed by atoms with Crippen molar-refractivity contribution in [3.63, 3.8) is 0 Å². The van der Waals surface area contributed by atoms with Gasteiger partial charge >= 0.3 is 0 Å². The number of nitrogens with one attached hydrogen (secondary N) is 1. The Hall–Kier alpha value is -3.08. The maximum atomic E-state index is 12.2. The van der Waals surface area contributed by atoms with Crippen molar-refractivity contribution < 1.29 is 9.59 Å². The van der Waals surface area contributed by atoms with Gasteiger partial charge in [-0.25, -0.2) is 0 Å². The number of carbonyl (C=O) groups excluding carboxylic acids is 2. The van der Waals surface area contributed by atoms with Crippen LogP contribution < -0.4 is 16.0 Å². The molecule has 1 fully saturated rings. The molecular formula is C22H23N3O2. The summed E-state index contributed by atoms with van der Waals surface area (Å²) in [6, 6.07) is 13.8. The highest BCUT2D eigenvalue weighted by Crippen LogP contribution is 2.39. The van der Waals surface area contributed by atoms with Crippen molar-refractivity contribution in [2.75, 3.05) is 23.3 Å². The number of primary amides is 1. The van der Waals surface area contributed by atoms with Crippen LogP contribution in [0.2, 0.25) is 0 Å². The van der Waals surface area contributed by atoms with Gasteiger partial charge in [0, 0.05) is 31.1 Å². The molecule has 0 bridgehead atoms. The Morgan fingerprint density at radius 1 is 1.15 bits per heavy atom. The van der Waals surface area contributed by atoms with Gasteiger partial charge in [0.2, 0.25) is 5.91 Å². The van der Waals surface area contributed by atoms with Gasteiger partial charge in [-0.05, 0) is 36.1 Å². The number of nitrogens with zero attached hydrogens (tertiary/aromatic N) is 1. The van der Waals surface area contributed by atoms with E-state index < -0.39 is 5.91 Å². The Bertz CT molecular complexity index is 899. The molecule has 0 saturated carbocycles. The zero-order valence-electron chi connectivity index (χ0n) is 15.2. The number of hydrogen-bond acceptors (Lipinski definition) is 3. The fraction of sp³-hybridized carbons (Fsp3) is 0.273. The monoisotopic (exact) mass is 361 g/mol.